The molecule has 0 aliphatic rings. The quantitative estimate of drug-likeness (QED) is 0.282. The highest BCUT2D eigenvalue weighted by molar-refractivity contribution is 5.94. The normalized spacial score (nSPS) is 10.7. The van der Waals surface area contributed by atoms with Crippen LogP contribution in [0.25, 0.3) is 16.9 Å². The van der Waals surface area contributed by atoms with Crippen LogP contribution in [0.3, 0.4) is 0 Å². The fourth-order valence-corrected chi connectivity index (χ4v) is 4.01. The van der Waals surface area contributed by atoms with Gasteiger partial charge in [-0.2, -0.15) is 4.98 Å². The largest absolute Gasteiger partial charge is 0.352 e. The van der Waals surface area contributed by atoms with Gasteiger partial charge in [0.2, 0.25) is 11.9 Å². The monoisotopic (exact) mass is 490 g/mol. The summed E-state index contributed by atoms with van der Waals surface area (Å²) in [4.78, 5) is 28.4. The zero-order valence-electron chi connectivity index (χ0n) is 20.3. The third kappa shape index (κ3) is 5.82. The van der Waals surface area contributed by atoms with E-state index in [9.17, 15) is 9.59 Å². The van der Waals surface area contributed by atoms with Crippen LogP contribution in [0.2, 0.25) is 0 Å². The second kappa shape index (κ2) is 10.7. The van der Waals surface area contributed by atoms with Crippen molar-refractivity contribution >= 4 is 34.8 Å². The Morgan fingerprint density at radius 1 is 0.811 bits per heavy atom. The Bertz CT molecular complexity index is 1530. The van der Waals surface area contributed by atoms with Gasteiger partial charge in [0, 0.05) is 36.0 Å². The molecule has 0 saturated heterocycles. The van der Waals surface area contributed by atoms with Crippen LogP contribution in [0.5, 0.6) is 0 Å². The number of nitrogens with one attached hydrogen (secondary N) is 3. The molecule has 0 spiro atoms. The van der Waals surface area contributed by atoms with Crippen LogP contribution in [0, 0.1) is 0 Å². The van der Waals surface area contributed by atoms with Gasteiger partial charge in [-0.25, -0.2) is 4.52 Å². The summed E-state index contributed by atoms with van der Waals surface area (Å²) in [5.41, 5.74) is 5.78. The minimum absolute atomic E-state index is 0.0996. The first-order valence-corrected chi connectivity index (χ1v) is 12.0. The fourth-order valence-electron chi connectivity index (χ4n) is 4.01. The van der Waals surface area contributed by atoms with Gasteiger partial charge in [0.1, 0.15) is 0 Å². The van der Waals surface area contributed by atoms with E-state index in [4.69, 9.17) is 0 Å². The number of hydrogen-bond acceptors (Lipinski definition) is 5. The molecule has 184 valence electrons. The summed E-state index contributed by atoms with van der Waals surface area (Å²) in [6.45, 7) is 2.05. The number of amides is 2. The highest BCUT2D eigenvalue weighted by Crippen LogP contribution is 2.23. The first-order valence-electron chi connectivity index (χ1n) is 12.0. The maximum absolute atomic E-state index is 12.6. The Morgan fingerprint density at radius 2 is 1.54 bits per heavy atom. The molecule has 37 heavy (non-hydrogen) atoms. The Kier molecular flexibility index (Phi) is 6.89. The molecule has 0 aliphatic heterocycles. The number of benzene rings is 3. The Hall–Kier alpha value is -4.98. The summed E-state index contributed by atoms with van der Waals surface area (Å²) < 4.78 is 1.77. The van der Waals surface area contributed by atoms with Crippen molar-refractivity contribution in [3.8, 4) is 11.3 Å². The average Bonchev–Trinajstić information content (AvgIpc) is 3.33. The molecular formula is C29H26N6O2. The topological polar surface area (TPSA) is 100 Å². The zero-order chi connectivity index (χ0) is 25.6. The highest BCUT2D eigenvalue weighted by atomic mass is 16.2. The molecule has 0 fully saturated rings. The lowest BCUT2D eigenvalue weighted by molar-refractivity contribution is -0.114. The fraction of sp³-hybridized carbons (Fsp3) is 0.103. The Labute approximate surface area is 214 Å². The SMILES string of the molecule is CC(=O)Nc1ccc(Nc2nc3cccc(-c4ccc(C(=O)NCCc5ccccc5)cc4)n3n2)cc1. The molecular weight excluding hydrogens is 464 g/mol. The van der Waals surface area contributed by atoms with Crippen LogP contribution >= 0.6 is 0 Å². The van der Waals surface area contributed by atoms with Crippen molar-refractivity contribution in [2.24, 2.45) is 0 Å². The van der Waals surface area contributed by atoms with Crippen LogP contribution in [-0.4, -0.2) is 33.0 Å². The number of fused-ring (bicyclic) bond motifs is 1. The lowest BCUT2D eigenvalue weighted by atomic mass is 10.1. The van der Waals surface area contributed by atoms with E-state index >= 15 is 0 Å². The van der Waals surface area contributed by atoms with Gasteiger partial charge >= 0.3 is 0 Å². The van der Waals surface area contributed by atoms with Crippen LogP contribution < -0.4 is 16.0 Å². The van der Waals surface area contributed by atoms with Gasteiger partial charge in [-0.05, 0) is 60.5 Å². The standard InChI is InChI=1S/C29H26N6O2/c1-20(36)31-24-14-16-25(17-15-24)32-29-33-27-9-5-8-26(35(27)34-29)22-10-12-23(13-11-22)28(37)30-19-18-21-6-3-2-4-7-21/h2-17H,18-19H2,1H3,(H,30,37)(H,31,36)(H,32,34). The number of pyridine rings is 1. The summed E-state index contributed by atoms with van der Waals surface area (Å²) in [5, 5.41) is 13.6. The molecule has 2 heterocycles. The van der Waals surface area contributed by atoms with Crippen molar-refractivity contribution in [1.82, 2.24) is 19.9 Å². The lowest BCUT2D eigenvalue weighted by Crippen LogP contribution is -2.25. The molecule has 5 rings (SSSR count). The van der Waals surface area contributed by atoms with E-state index in [-0.39, 0.29) is 11.8 Å². The molecule has 3 N–H and O–H groups in total. The van der Waals surface area contributed by atoms with E-state index < -0.39 is 0 Å². The third-order valence-corrected chi connectivity index (χ3v) is 5.81. The number of carbonyl (C=O) groups is 2. The number of rotatable bonds is 8. The van der Waals surface area contributed by atoms with Crippen molar-refractivity contribution in [2.45, 2.75) is 13.3 Å². The highest BCUT2D eigenvalue weighted by Gasteiger charge is 2.11. The summed E-state index contributed by atoms with van der Waals surface area (Å²) >= 11 is 0. The van der Waals surface area contributed by atoms with E-state index in [1.165, 1.54) is 12.5 Å². The van der Waals surface area contributed by atoms with Crippen molar-refractivity contribution in [3.63, 3.8) is 0 Å². The molecule has 8 nitrogen and oxygen atoms in total. The van der Waals surface area contributed by atoms with Crippen molar-refractivity contribution in [3.05, 3.63) is 108 Å². The first-order chi connectivity index (χ1) is 18.0. The Morgan fingerprint density at radius 3 is 2.27 bits per heavy atom. The van der Waals surface area contributed by atoms with E-state index in [0.717, 1.165) is 29.1 Å². The van der Waals surface area contributed by atoms with Gasteiger partial charge in [-0.1, -0.05) is 48.5 Å². The third-order valence-electron chi connectivity index (χ3n) is 5.81. The molecule has 0 saturated carbocycles. The molecule has 0 bridgehead atoms. The summed E-state index contributed by atoms with van der Waals surface area (Å²) in [6, 6.07) is 30.6. The molecule has 2 aromatic heterocycles. The molecule has 0 aliphatic carbocycles. The lowest BCUT2D eigenvalue weighted by Gasteiger charge is -2.08. The predicted octanol–water partition coefficient (Wildman–Crippen LogP) is 5.07. The van der Waals surface area contributed by atoms with Crippen LogP contribution in [0.4, 0.5) is 17.3 Å². The number of anilines is 3. The average molecular weight is 491 g/mol. The van der Waals surface area contributed by atoms with Crippen LogP contribution in [0.1, 0.15) is 22.8 Å². The minimum Gasteiger partial charge on any atom is -0.352 e. The van der Waals surface area contributed by atoms with Crippen LogP contribution in [0.15, 0.2) is 97.1 Å². The van der Waals surface area contributed by atoms with Crippen LogP contribution in [-0.2, 0) is 11.2 Å². The number of carbonyl (C=O) groups excluding carboxylic acids is 2. The number of nitrogens with zero attached hydrogens (tertiary/aromatic N) is 3. The molecule has 0 unspecified atom stereocenters. The van der Waals surface area contributed by atoms with Gasteiger partial charge in [0.05, 0.1) is 5.69 Å². The van der Waals surface area contributed by atoms with E-state index in [1.54, 1.807) is 4.52 Å². The van der Waals surface area contributed by atoms with E-state index in [1.807, 2.05) is 84.9 Å². The molecule has 0 radical (unpaired) electrons. The smallest absolute Gasteiger partial charge is 0.251 e. The summed E-state index contributed by atoms with van der Waals surface area (Å²) in [5.74, 6) is 0.235. The molecule has 8 heteroatoms. The molecule has 3 aromatic carbocycles. The van der Waals surface area contributed by atoms with E-state index in [2.05, 4.69) is 38.2 Å². The van der Waals surface area contributed by atoms with E-state index in [0.29, 0.717) is 23.7 Å². The Balaban J connectivity index is 1.27. The van der Waals surface area contributed by atoms with Gasteiger partial charge < -0.3 is 16.0 Å². The summed E-state index contributed by atoms with van der Waals surface area (Å²) in [7, 11) is 0. The van der Waals surface area contributed by atoms with Crippen molar-refractivity contribution in [1.29, 1.82) is 0 Å². The summed E-state index contributed by atoms with van der Waals surface area (Å²) in [6.07, 6.45) is 0.786. The molecule has 5 aromatic rings. The molecule has 2 amide bonds. The second-order valence-corrected chi connectivity index (χ2v) is 8.57. The second-order valence-electron chi connectivity index (χ2n) is 8.57. The minimum atomic E-state index is -0.119. The van der Waals surface area contributed by atoms with Crippen molar-refractivity contribution < 1.29 is 9.59 Å². The first kappa shape index (κ1) is 23.7. The maximum atomic E-state index is 12.6. The van der Waals surface area contributed by atoms with Gasteiger partial charge in [0.25, 0.3) is 5.91 Å². The number of aromatic nitrogens is 3. The molecule has 0 atom stereocenters. The number of hydrogen-bond donors (Lipinski definition) is 3. The van der Waals surface area contributed by atoms with Gasteiger partial charge in [-0.3, -0.25) is 9.59 Å². The van der Waals surface area contributed by atoms with Crippen molar-refractivity contribution in [2.75, 3.05) is 17.2 Å². The van der Waals surface area contributed by atoms with Gasteiger partial charge in [0.15, 0.2) is 5.65 Å². The predicted molar refractivity (Wildman–Crippen MR) is 145 cm³/mol. The zero-order valence-corrected chi connectivity index (χ0v) is 20.3. The van der Waals surface area contributed by atoms with Gasteiger partial charge in [-0.15, -0.1) is 5.10 Å². The maximum Gasteiger partial charge on any atom is 0.251 e.